The lowest BCUT2D eigenvalue weighted by molar-refractivity contribution is 0.0166. The van der Waals surface area contributed by atoms with Gasteiger partial charge in [-0.05, 0) is 53.0 Å². The van der Waals surface area contributed by atoms with Gasteiger partial charge in [0.15, 0.2) is 5.69 Å². The Labute approximate surface area is 193 Å². The van der Waals surface area contributed by atoms with Crippen molar-refractivity contribution in [1.82, 2.24) is 14.7 Å². The number of thioether (sulfide) groups is 1. The number of carbonyl (C=O) groups excluding carboxylic acids is 2. The maximum absolute atomic E-state index is 12.7. The van der Waals surface area contributed by atoms with Gasteiger partial charge in [0.1, 0.15) is 5.60 Å². The lowest BCUT2D eigenvalue weighted by Gasteiger charge is -2.35. The summed E-state index contributed by atoms with van der Waals surface area (Å²) in [5, 5.41) is 4.78. The molecule has 0 spiro atoms. The van der Waals surface area contributed by atoms with Gasteiger partial charge in [-0.25, -0.2) is 9.59 Å². The first-order chi connectivity index (χ1) is 15.2. The van der Waals surface area contributed by atoms with Crippen molar-refractivity contribution in [1.29, 1.82) is 0 Å². The SMILES string of the molecule is CCOC(=O)c1nn(C2CCCN(C(=O)OC(C)(C)C)C2)c2c1CSc1c(C)cccc1-2. The predicted molar refractivity (Wildman–Crippen MR) is 124 cm³/mol. The summed E-state index contributed by atoms with van der Waals surface area (Å²) in [6.07, 6.45) is 1.42. The Morgan fingerprint density at radius 2 is 2.06 bits per heavy atom. The van der Waals surface area contributed by atoms with Crippen molar-refractivity contribution in [2.75, 3.05) is 19.7 Å². The molecule has 2 aliphatic heterocycles. The molecule has 32 heavy (non-hydrogen) atoms. The van der Waals surface area contributed by atoms with E-state index in [9.17, 15) is 9.59 Å². The number of carbonyl (C=O) groups is 2. The Bertz CT molecular complexity index is 1040. The van der Waals surface area contributed by atoms with Crippen molar-refractivity contribution in [3.05, 3.63) is 35.0 Å². The van der Waals surface area contributed by atoms with Crippen molar-refractivity contribution >= 4 is 23.8 Å². The lowest BCUT2D eigenvalue weighted by atomic mass is 10.0. The van der Waals surface area contributed by atoms with Gasteiger partial charge in [-0.15, -0.1) is 11.8 Å². The number of esters is 1. The summed E-state index contributed by atoms with van der Waals surface area (Å²) in [5.41, 5.74) is 4.04. The second kappa shape index (κ2) is 8.81. The summed E-state index contributed by atoms with van der Waals surface area (Å²) in [7, 11) is 0. The van der Waals surface area contributed by atoms with Gasteiger partial charge >= 0.3 is 12.1 Å². The third kappa shape index (κ3) is 4.37. The second-order valence-electron chi connectivity index (χ2n) is 9.30. The molecule has 0 bridgehead atoms. The van der Waals surface area contributed by atoms with Gasteiger partial charge in [-0.1, -0.05) is 18.2 Å². The molecule has 2 aliphatic rings. The maximum Gasteiger partial charge on any atom is 0.410 e. The van der Waals surface area contributed by atoms with E-state index < -0.39 is 5.60 Å². The van der Waals surface area contributed by atoms with Crippen molar-refractivity contribution < 1.29 is 19.1 Å². The molecule has 1 aromatic heterocycles. The largest absolute Gasteiger partial charge is 0.461 e. The Morgan fingerprint density at radius 1 is 1.28 bits per heavy atom. The minimum Gasteiger partial charge on any atom is -0.461 e. The zero-order valence-electron chi connectivity index (χ0n) is 19.4. The third-order valence-electron chi connectivity index (χ3n) is 5.70. The Morgan fingerprint density at radius 3 is 2.78 bits per heavy atom. The van der Waals surface area contributed by atoms with Crippen LogP contribution in [0.4, 0.5) is 4.79 Å². The zero-order chi connectivity index (χ0) is 23.0. The lowest BCUT2D eigenvalue weighted by Crippen LogP contribution is -2.43. The van der Waals surface area contributed by atoms with Crippen molar-refractivity contribution in [2.24, 2.45) is 0 Å². The highest BCUT2D eigenvalue weighted by atomic mass is 32.2. The molecule has 172 valence electrons. The van der Waals surface area contributed by atoms with Crippen LogP contribution in [0.5, 0.6) is 0 Å². The molecule has 4 rings (SSSR count). The van der Waals surface area contributed by atoms with E-state index >= 15 is 0 Å². The number of hydrogen-bond acceptors (Lipinski definition) is 6. The number of amides is 1. The van der Waals surface area contributed by atoms with Gasteiger partial charge in [0.05, 0.1) is 18.3 Å². The van der Waals surface area contributed by atoms with E-state index in [-0.39, 0.29) is 18.1 Å². The van der Waals surface area contributed by atoms with E-state index in [4.69, 9.17) is 14.6 Å². The fourth-order valence-electron chi connectivity index (χ4n) is 4.34. The second-order valence-corrected chi connectivity index (χ2v) is 10.3. The third-order valence-corrected chi connectivity index (χ3v) is 6.96. The number of benzene rings is 1. The molecule has 3 heterocycles. The fourth-order valence-corrected chi connectivity index (χ4v) is 5.52. The van der Waals surface area contributed by atoms with Gasteiger partial charge in [-0.2, -0.15) is 5.10 Å². The molecular weight excluding hydrogens is 426 g/mol. The van der Waals surface area contributed by atoms with E-state index in [2.05, 4.69) is 19.1 Å². The number of ether oxygens (including phenoxy) is 2. The van der Waals surface area contributed by atoms with Crippen LogP contribution in [0.25, 0.3) is 11.3 Å². The predicted octanol–water partition coefficient (Wildman–Crippen LogP) is 5.21. The Balaban J connectivity index is 1.74. The van der Waals surface area contributed by atoms with Crippen LogP contribution in [0, 0.1) is 6.92 Å². The highest BCUT2D eigenvalue weighted by Crippen LogP contribution is 2.45. The van der Waals surface area contributed by atoms with Crippen LogP contribution in [0.2, 0.25) is 0 Å². The first kappa shape index (κ1) is 22.7. The van der Waals surface area contributed by atoms with Gasteiger partial charge < -0.3 is 14.4 Å². The first-order valence-electron chi connectivity index (χ1n) is 11.2. The fraction of sp³-hybridized carbons (Fsp3) is 0.542. The number of nitrogens with zero attached hydrogens (tertiary/aromatic N) is 3. The quantitative estimate of drug-likeness (QED) is 0.589. The van der Waals surface area contributed by atoms with Gasteiger partial charge in [0.2, 0.25) is 0 Å². The average molecular weight is 458 g/mol. The minimum atomic E-state index is -0.542. The first-order valence-corrected chi connectivity index (χ1v) is 12.2. The molecule has 1 amide bonds. The summed E-state index contributed by atoms with van der Waals surface area (Å²) < 4.78 is 12.9. The van der Waals surface area contributed by atoms with Crippen LogP contribution >= 0.6 is 11.8 Å². The number of piperidine rings is 1. The standard InChI is InChI=1S/C24H31N3O4S/c1-6-30-22(28)19-18-14-32-21-15(2)9-7-11-17(21)20(18)27(25-19)16-10-8-12-26(13-16)23(29)31-24(3,4)5/h7,9,11,16H,6,8,10,12-14H2,1-5H3. The topological polar surface area (TPSA) is 73.7 Å². The maximum atomic E-state index is 12.7. The number of hydrogen-bond donors (Lipinski definition) is 0. The highest BCUT2D eigenvalue weighted by Gasteiger charge is 2.35. The van der Waals surface area contributed by atoms with Gasteiger partial charge in [0, 0.05) is 34.9 Å². The van der Waals surface area contributed by atoms with Crippen LogP contribution < -0.4 is 0 Å². The van der Waals surface area contributed by atoms with Gasteiger partial charge in [-0.3, -0.25) is 4.68 Å². The van der Waals surface area contributed by atoms with Crippen molar-refractivity contribution in [2.45, 2.75) is 69.8 Å². The van der Waals surface area contributed by atoms with Crippen LogP contribution in [-0.2, 0) is 15.2 Å². The average Bonchev–Trinajstić information content (AvgIpc) is 3.13. The van der Waals surface area contributed by atoms with Crippen LogP contribution in [0.15, 0.2) is 23.1 Å². The molecule has 0 saturated carbocycles. The summed E-state index contributed by atoms with van der Waals surface area (Å²) in [6, 6.07) is 6.20. The number of aryl methyl sites for hydroxylation is 1. The van der Waals surface area contributed by atoms with Gasteiger partial charge in [0.25, 0.3) is 0 Å². The Hall–Kier alpha value is -2.48. The molecule has 8 heteroatoms. The molecule has 1 unspecified atom stereocenters. The summed E-state index contributed by atoms with van der Waals surface area (Å²) >= 11 is 1.73. The summed E-state index contributed by atoms with van der Waals surface area (Å²) in [6.45, 7) is 11.0. The number of fused-ring (bicyclic) bond motifs is 3. The normalized spacial score (nSPS) is 18.0. The van der Waals surface area contributed by atoms with Crippen LogP contribution in [-0.4, -0.2) is 52.0 Å². The number of likely N-dealkylation sites (tertiary alicyclic amines) is 1. The molecule has 7 nitrogen and oxygen atoms in total. The van der Waals surface area contributed by atoms with E-state index in [1.807, 2.05) is 31.5 Å². The van der Waals surface area contributed by atoms with E-state index in [0.717, 1.165) is 29.7 Å². The molecule has 1 aromatic carbocycles. The van der Waals surface area contributed by atoms with Crippen LogP contribution in [0.1, 0.15) is 68.2 Å². The smallest absolute Gasteiger partial charge is 0.410 e. The van der Waals surface area contributed by atoms with E-state index in [1.165, 1.54) is 10.5 Å². The number of rotatable bonds is 3. The summed E-state index contributed by atoms with van der Waals surface area (Å²) in [4.78, 5) is 28.4. The molecule has 0 radical (unpaired) electrons. The molecule has 0 aliphatic carbocycles. The Kier molecular flexibility index (Phi) is 6.25. The highest BCUT2D eigenvalue weighted by molar-refractivity contribution is 7.98. The molecule has 1 fully saturated rings. The molecule has 2 aromatic rings. The minimum absolute atomic E-state index is 0.0374. The summed E-state index contributed by atoms with van der Waals surface area (Å²) in [5.74, 6) is 0.281. The van der Waals surface area contributed by atoms with Crippen molar-refractivity contribution in [3.63, 3.8) is 0 Å². The zero-order valence-corrected chi connectivity index (χ0v) is 20.3. The molecule has 0 N–H and O–H groups in total. The molecule has 1 saturated heterocycles. The van der Waals surface area contributed by atoms with Crippen molar-refractivity contribution in [3.8, 4) is 11.3 Å². The number of aromatic nitrogens is 2. The van der Waals surface area contributed by atoms with E-state index in [1.54, 1.807) is 23.6 Å². The van der Waals surface area contributed by atoms with Crippen LogP contribution in [0.3, 0.4) is 0 Å². The monoisotopic (exact) mass is 457 g/mol. The molecular formula is C24H31N3O4S. The van der Waals surface area contributed by atoms with E-state index in [0.29, 0.717) is 31.1 Å². The molecule has 1 atom stereocenters.